The van der Waals surface area contributed by atoms with Crippen LogP contribution in [0.5, 0.6) is 0 Å². The lowest BCUT2D eigenvalue weighted by Gasteiger charge is -1.92. The maximum absolute atomic E-state index is 5.46. The molecule has 0 spiro atoms. The Kier molecular flexibility index (Phi) is 2.31. The predicted molar refractivity (Wildman–Crippen MR) is 65.3 cm³/mol. The van der Waals surface area contributed by atoms with E-state index >= 15 is 0 Å². The molecule has 2 aromatic heterocycles. The highest BCUT2D eigenvalue weighted by Crippen LogP contribution is 2.27. The van der Waals surface area contributed by atoms with Crippen LogP contribution in [0.3, 0.4) is 0 Å². The van der Waals surface area contributed by atoms with Crippen LogP contribution in [0.4, 0.5) is 0 Å². The van der Waals surface area contributed by atoms with E-state index in [-0.39, 0.29) is 0 Å². The second kappa shape index (κ2) is 3.94. The van der Waals surface area contributed by atoms with Crippen LogP contribution in [0, 0.1) is 0 Å². The minimum absolute atomic E-state index is 0.689. The third-order valence-electron chi connectivity index (χ3n) is 2.31. The van der Waals surface area contributed by atoms with Gasteiger partial charge in [0.05, 0.1) is 4.88 Å². The molecule has 0 radical (unpaired) electrons. The summed E-state index contributed by atoms with van der Waals surface area (Å²) in [6.45, 7) is 0. The van der Waals surface area contributed by atoms with Crippen LogP contribution in [0.15, 0.2) is 58.5 Å². The van der Waals surface area contributed by atoms with Crippen LogP contribution in [0.2, 0.25) is 0 Å². The molecule has 0 atom stereocenters. The Balaban J connectivity index is 2.00. The van der Waals surface area contributed by atoms with Gasteiger partial charge in [0, 0.05) is 5.56 Å². The van der Waals surface area contributed by atoms with Crippen molar-refractivity contribution in [2.45, 2.75) is 0 Å². The molecular weight excluding hydrogens is 218 g/mol. The maximum Gasteiger partial charge on any atom is 0.236 e. The summed E-state index contributed by atoms with van der Waals surface area (Å²) in [6, 6.07) is 14.0. The largest absolute Gasteiger partial charge is 0.443 e. The van der Waals surface area contributed by atoms with Gasteiger partial charge in [0.15, 0.2) is 0 Å². The van der Waals surface area contributed by atoms with Crippen molar-refractivity contribution in [2.75, 3.05) is 0 Å². The number of aromatic nitrogens is 1. The zero-order valence-corrected chi connectivity index (χ0v) is 9.28. The molecule has 0 N–H and O–H groups in total. The summed E-state index contributed by atoms with van der Waals surface area (Å²) >= 11 is 1.63. The van der Waals surface area contributed by atoms with Gasteiger partial charge in [-0.05, 0) is 11.4 Å². The number of hydrogen-bond donors (Lipinski definition) is 0. The van der Waals surface area contributed by atoms with Crippen LogP contribution in [0.1, 0.15) is 0 Å². The Morgan fingerprint density at radius 3 is 2.62 bits per heavy atom. The second-order valence-electron chi connectivity index (χ2n) is 3.38. The van der Waals surface area contributed by atoms with Gasteiger partial charge >= 0.3 is 0 Å². The minimum atomic E-state index is 0.689. The van der Waals surface area contributed by atoms with Crippen LogP contribution in [0.25, 0.3) is 22.0 Å². The standard InChI is InChI=1S/C13H9NOS/c1-2-5-10(6-3-1)11-9-15-13(14-11)12-7-4-8-16-12/h1-9H. The Bertz CT molecular complexity index is 569. The molecule has 0 amide bonds. The Labute approximate surface area is 97.2 Å². The summed E-state index contributed by atoms with van der Waals surface area (Å²) in [5, 5.41) is 2.02. The molecule has 0 aliphatic rings. The number of benzene rings is 1. The van der Waals surface area contributed by atoms with Crippen molar-refractivity contribution in [3.05, 3.63) is 54.1 Å². The van der Waals surface area contributed by atoms with Crippen LogP contribution < -0.4 is 0 Å². The van der Waals surface area contributed by atoms with Crippen molar-refractivity contribution in [3.63, 3.8) is 0 Å². The molecule has 78 valence electrons. The van der Waals surface area contributed by atoms with E-state index in [2.05, 4.69) is 4.98 Å². The van der Waals surface area contributed by atoms with Gasteiger partial charge < -0.3 is 4.42 Å². The van der Waals surface area contributed by atoms with E-state index in [0.717, 1.165) is 16.1 Å². The lowest BCUT2D eigenvalue weighted by molar-refractivity contribution is 0.576. The zero-order valence-electron chi connectivity index (χ0n) is 8.46. The average molecular weight is 227 g/mol. The Morgan fingerprint density at radius 2 is 1.88 bits per heavy atom. The highest BCUT2D eigenvalue weighted by Gasteiger charge is 2.08. The summed E-state index contributed by atoms with van der Waals surface area (Å²) in [6.07, 6.45) is 1.70. The third-order valence-corrected chi connectivity index (χ3v) is 3.16. The fourth-order valence-corrected chi connectivity index (χ4v) is 2.18. The van der Waals surface area contributed by atoms with E-state index in [1.165, 1.54) is 0 Å². The lowest BCUT2D eigenvalue weighted by Crippen LogP contribution is -1.76. The van der Waals surface area contributed by atoms with Gasteiger partial charge in [-0.1, -0.05) is 36.4 Å². The predicted octanol–water partition coefficient (Wildman–Crippen LogP) is 4.07. The average Bonchev–Trinajstić information content (AvgIpc) is 3.01. The van der Waals surface area contributed by atoms with E-state index in [1.54, 1.807) is 17.6 Å². The summed E-state index contributed by atoms with van der Waals surface area (Å²) in [5.74, 6) is 0.689. The molecule has 16 heavy (non-hydrogen) atoms. The molecule has 3 aromatic rings. The van der Waals surface area contributed by atoms with Crippen molar-refractivity contribution >= 4 is 11.3 Å². The van der Waals surface area contributed by atoms with Gasteiger partial charge in [-0.25, -0.2) is 4.98 Å². The molecule has 0 aliphatic heterocycles. The van der Waals surface area contributed by atoms with E-state index in [1.807, 2.05) is 47.8 Å². The second-order valence-corrected chi connectivity index (χ2v) is 4.33. The highest BCUT2D eigenvalue weighted by molar-refractivity contribution is 7.13. The van der Waals surface area contributed by atoms with Crippen molar-refractivity contribution in [1.29, 1.82) is 0 Å². The van der Waals surface area contributed by atoms with E-state index < -0.39 is 0 Å². The van der Waals surface area contributed by atoms with E-state index in [0.29, 0.717) is 5.89 Å². The van der Waals surface area contributed by atoms with Gasteiger partial charge in [-0.2, -0.15) is 0 Å². The number of nitrogens with zero attached hydrogens (tertiary/aromatic N) is 1. The first-order valence-corrected chi connectivity index (χ1v) is 5.86. The molecule has 0 saturated heterocycles. The quantitative estimate of drug-likeness (QED) is 0.659. The molecule has 0 saturated carbocycles. The number of rotatable bonds is 2. The number of oxazole rings is 1. The van der Waals surface area contributed by atoms with Crippen molar-refractivity contribution in [1.82, 2.24) is 4.98 Å². The van der Waals surface area contributed by atoms with E-state index in [9.17, 15) is 0 Å². The summed E-state index contributed by atoms with van der Waals surface area (Å²) < 4.78 is 5.46. The Hall–Kier alpha value is -1.87. The molecule has 3 rings (SSSR count). The maximum atomic E-state index is 5.46. The topological polar surface area (TPSA) is 26.0 Å². The molecule has 0 aliphatic carbocycles. The lowest BCUT2D eigenvalue weighted by atomic mass is 10.2. The molecule has 3 heteroatoms. The van der Waals surface area contributed by atoms with Gasteiger partial charge in [0.2, 0.25) is 5.89 Å². The molecule has 0 bridgehead atoms. The fraction of sp³-hybridized carbons (Fsp3) is 0. The van der Waals surface area contributed by atoms with Crippen molar-refractivity contribution in [2.24, 2.45) is 0 Å². The zero-order chi connectivity index (χ0) is 10.8. The molecule has 2 nitrogen and oxygen atoms in total. The van der Waals surface area contributed by atoms with Crippen LogP contribution in [-0.2, 0) is 0 Å². The van der Waals surface area contributed by atoms with Crippen LogP contribution >= 0.6 is 11.3 Å². The molecular formula is C13H9NOS. The van der Waals surface area contributed by atoms with Gasteiger partial charge in [-0.3, -0.25) is 0 Å². The normalized spacial score (nSPS) is 10.5. The first-order chi connectivity index (χ1) is 7.93. The highest BCUT2D eigenvalue weighted by atomic mass is 32.1. The molecule has 0 unspecified atom stereocenters. The van der Waals surface area contributed by atoms with Crippen LogP contribution in [-0.4, -0.2) is 4.98 Å². The molecule has 0 fully saturated rings. The number of thiophene rings is 1. The van der Waals surface area contributed by atoms with Crippen molar-refractivity contribution in [3.8, 4) is 22.0 Å². The number of hydrogen-bond acceptors (Lipinski definition) is 3. The van der Waals surface area contributed by atoms with E-state index in [4.69, 9.17) is 4.42 Å². The third kappa shape index (κ3) is 1.66. The molecule has 2 heterocycles. The fourth-order valence-electron chi connectivity index (χ4n) is 1.53. The summed E-state index contributed by atoms with van der Waals surface area (Å²) in [5.41, 5.74) is 1.96. The van der Waals surface area contributed by atoms with Gasteiger partial charge in [-0.15, -0.1) is 11.3 Å². The smallest absolute Gasteiger partial charge is 0.236 e. The monoisotopic (exact) mass is 227 g/mol. The van der Waals surface area contributed by atoms with Crippen molar-refractivity contribution < 1.29 is 4.42 Å². The Morgan fingerprint density at radius 1 is 1.00 bits per heavy atom. The molecule has 1 aromatic carbocycles. The van der Waals surface area contributed by atoms with Gasteiger partial charge in [0.25, 0.3) is 0 Å². The van der Waals surface area contributed by atoms with Gasteiger partial charge in [0.1, 0.15) is 12.0 Å². The first-order valence-electron chi connectivity index (χ1n) is 4.98. The summed E-state index contributed by atoms with van der Waals surface area (Å²) in [7, 11) is 0. The first kappa shape index (κ1) is 9.36. The summed E-state index contributed by atoms with van der Waals surface area (Å²) in [4.78, 5) is 5.52. The minimum Gasteiger partial charge on any atom is -0.443 e. The SMILES string of the molecule is c1ccc(-c2coc(-c3cccs3)n2)cc1.